The average molecular weight is 306 g/mol. The normalized spacial score (nSPS) is 12.0. The van der Waals surface area contributed by atoms with Crippen molar-refractivity contribution in [2.24, 2.45) is 0 Å². The molecular weight excluding hydrogens is 296 g/mol. The maximum Gasteiger partial charge on any atom is 0.330 e. The molecule has 2 heterocycles. The first-order valence-electron chi connectivity index (χ1n) is 5.66. The van der Waals surface area contributed by atoms with Crippen LogP contribution in [-0.2, 0) is 11.3 Å². The lowest BCUT2D eigenvalue weighted by Gasteiger charge is -2.14. The number of hydrogen-bond acceptors (Lipinski definition) is 6. The van der Waals surface area contributed by atoms with Crippen molar-refractivity contribution in [2.45, 2.75) is 19.0 Å². The molecule has 0 saturated heterocycles. The van der Waals surface area contributed by atoms with E-state index in [2.05, 4.69) is 19.9 Å². The van der Waals surface area contributed by atoms with Gasteiger partial charge < -0.3 is 15.0 Å². The molecule has 0 bridgehead atoms. The summed E-state index contributed by atoms with van der Waals surface area (Å²) in [5.74, 6) is -3.88. The predicted octanol–water partition coefficient (Wildman–Crippen LogP) is 2.13. The molecule has 0 fully saturated rings. The van der Waals surface area contributed by atoms with E-state index in [1.165, 1.54) is 12.3 Å². The molecule has 0 saturated carbocycles. The molecule has 0 unspecified atom stereocenters. The van der Waals surface area contributed by atoms with Gasteiger partial charge in [0.15, 0.2) is 5.82 Å². The topological polar surface area (TPSA) is 87.1 Å². The van der Waals surface area contributed by atoms with Gasteiger partial charge in [-0.15, -0.1) is 0 Å². The average Bonchev–Trinajstić information content (AvgIpc) is 2.88. The second-order valence-electron chi connectivity index (χ2n) is 4.04. The number of nitrogen functional groups attached to an aromatic ring is 1. The fourth-order valence-electron chi connectivity index (χ4n) is 1.30. The number of pyridine rings is 1. The fourth-order valence-corrected chi connectivity index (χ4v) is 1.30. The van der Waals surface area contributed by atoms with Crippen molar-refractivity contribution in [1.29, 1.82) is 0 Å². The third-order valence-corrected chi connectivity index (χ3v) is 2.35. The van der Waals surface area contributed by atoms with Gasteiger partial charge >= 0.3 is 12.3 Å². The number of alkyl halides is 4. The number of ether oxygens (including phenoxy) is 1. The van der Waals surface area contributed by atoms with E-state index in [0.717, 1.165) is 0 Å². The lowest BCUT2D eigenvalue weighted by Crippen LogP contribution is -2.32. The van der Waals surface area contributed by atoms with E-state index in [0.29, 0.717) is 11.4 Å². The van der Waals surface area contributed by atoms with Crippen LogP contribution in [0, 0.1) is 0 Å². The maximum absolute atomic E-state index is 12.6. The standard InChI is InChI=1S/C11H10F4N4O2/c12-10(13)11(14,15)5-20-4-8-18-9(21-19-8)6-1-2-7(16)17-3-6/h1-3,10H,4-5H2,(H2,16,17). The number of anilines is 1. The second-order valence-corrected chi connectivity index (χ2v) is 4.04. The number of nitrogens with zero attached hydrogens (tertiary/aromatic N) is 3. The summed E-state index contributed by atoms with van der Waals surface area (Å²) in [7, 11) is 0. The zero-order valence-corrected chi connectivity index (χ0v) is 10.5. The van der Waals surface area contributed by atoms with Crippen molar-refractivity contribution < 1.29 is 26.8 Å². The molecule has 2 N–H and O–H groups in total. The first-order chi connectivity index (χ1) is 9.88. The summed E-state index contributed by atoms with van der Waals surface area (Å²) in [6, 6.07) is 3.09. The molecule has 0 atom stereocenters. The molecule has 10 heteroatoms. The van der Waals surface area contributed by atoms with Gasteiger partial charge in [0.1, 0.15) is 19.0 Å². The van der Waals surface area contributed by atoms with Gasteiger partial charge in [-0.1, -0.05) is 5.16 Å². The Morgan fingerprint density at radius 3 is 2.71 bits per heavy atom. The summed E-state index contributed by atoms with van der Waals surface area (Å²) in [5, 5.41) is 3.48. The third kappa shape index (κ3) is 3.88. The summed E-state index contributed by atoms with van der Waals surface area (Å²) in [6.07, 6.45) is -2.41. The first-order valence-corrected chi connectivity index (χ1v) is 5.66. The van der Waals surface area contributed by atoms with Crippen LogP contribution in [0.5, 0.6) is 0 Å². The number of hydrogen-bond donors (Lipinski definition) is 1. The van der Waals surface area contributed by atoms with Gasteiger partial charge in [-0.25, -0.2) is 13.8 Å². The van der Waals surface area contributed by atoms with Crippen LogP contribution < -0.4 is 5.73 Å². The minimum absolute atomic E-state index is 0.0492. The van der Waals surface area contributed by atoms with Crippen molar-refractivity contribution in [3.05, 3.63) is 24.2 Å². The zero-order valence-electron chi connectivity index (χ0n) is 10.5. The van der Waals surface area contributed by atoms with Crippen molar-refractivity contribution in [1.82, 2.24) is 15.1 Å². The van der Waals surface area contributed by atoms with E-state index in [1.807, 2.05) is 0 Å². The molecule has 2 aromatic rings. The quantitative estimate of drug-likeness (QED) is 0.823. The molecule has 6 nitrogen and oxygen atoms in total. The van der Waals surface area contributed by atoms with Crippen LogP contribution in [0.25, 0.3) is 11.5 Å². The maximum atomic E-state index is 12.6. The molecule has 114 valence electrons. The highest BCUT2D eigenvalue weighted by Gasteiger charge is 2.41. The SMILES string of the molecule is Nc1ccc(-c2nc(COCC(F)(F)C(F)F)no2)cn1. The Kier molecular flexibility index (Phi) is 4.36. The number of halogens is 4. The molecule has 0 radical (unpaired) electrons. The predicted molar refractivity (Wildman–Crippen MR) is 62.5 cm³/mol. The lowest BCUT2D eigenvalue weighted by atomic mass is 10.3. The van der Waals surface area contributed by atoms with Crippen molar-refractivity contribution in [2.75, 3.05) is 12.3 Å². The van der Waals surface area contributed by atoms with E-state index in [1.54, 1.807) is 6.07 Å². The van der Waals surface area contributed by atoms with Gasteiger partial charge in [0.25, 0.3) is 5.89 Å². The van der Waals surface area contributed by atoms with Gasteiger partial charge in [-0.05, 0) is 12.1 Å². The molecule has 0 aromatic carbocycles. The van der Waals surface area contributed by atoms with Gasteiger partial charge in [-0.2, -0.15) is 13.8 Å². The fraction of sp³-hybridized carbons (Fsp3) is 0.364. The van der Waals surface area contributed by atoms with E-state index in [-0.39, 0.29) is 11.7 Å². The minimum atomic E-state index is -4.21. The van der Waals surface area contributed by atoms with Gasteiger partial charge in [0.2, 0.25) is 0 Å². The molecule has 0 aliphatic rings. The highest BCUT2D eigenvalue weighted by atomic mass is 19.3. The van der Waals surface area contributed by atoms with Gasteiger partial charge in [-0.3, -0.25) is 0 Å². The van der Waals surface area contributed by atoms with Crippen LogP contribution in [-0.4, -0.2) is 34.1 Å². The molecular formula is C11H10F4N4O2. The van der Waals surface area contributed by atoms with Crippen LogP contribution in [0.3, 0.4) is 0 Å². The Morgan fingerprint density at radius 2 is 2.10 bits per heavy atom. The van der Waals surface area contributed by atoms with Crippen molar-refractivity contribution in [3.63, 3.8) is 0 Å². The molecule has 21 heavy (non-hydrogen) atoms. The lowest BCUT2D eigenvalue weighted by molar-refractivity contribution is -0.168. The molecule has 0 spiro atoms. The number of nitrogens with two attached hydrogens (primary N) is 1. The number of rotatable bonds is 6. The Labute approximate surface area is 115 Å². The minimum Gasteiger partial charge on any atom is -0.384 e. The summed E-state index contributed by atoms with van der Waals surface area (Å²) in [5.41, 5.74) is 5.88. The van der Waals surface area contributed by atoms with Crippen LogP contribution in [0.4, 0.5) is 23.4 Å². The molecule has 2 rings (SSSR count). The molecule has 0 amide bonds. The van der Waals surface area contributed by atoms with E-state index >= 15 is 0 Å². The van der Waals surface area contributed by atoms with Crippen molar-refractivity contribution in [3.8, 4) is 11.5 Å². The Morgan fingerprint density at radius 1 is 1.33 bits per heavy atom. The van der Waals surface area contributed by atoms with E-state index in [9.17, 15) is 17.6 Å². The number of aromatic nitrogens is 3. The van der Waals surface area contributed by atoms with Gasteiger partial charge in [0.05, 0.1) is 5.56 Å². The first kappa shape index (κ1) is 15.2. The Hall–Kier alpha value is -2.23. The van der Waals surface area contributed by atoms with Crippen LogP contribution in [0.15, 0.2) is 22.9 Å². The Balaban J connectivity index is 1.93. The summed E-state index contributed by atoms with van der Waals surface area (Å²) in [6.45, 7) is -1.91. The highest BCUT2D eigenvalue weighted by molar-refractivity contribution is 5.53. The Bertz CT molecular complexity index is 588. The van der Waals surface area contributed by atoms with Crippen LogP contribution in [0.1, 0.15) is 5.82 Å². The summed E-state index contributed by atoms with van der Waals surface area (Å²) >= 11 is 0. The molecule has 0 aliphatic heterocycles. The van der Waals surface area contributed by atoms with E-state index in [4.69, 9.17) is 10.3 Å². The van der Waals surface area contributed by atoms with Crippen LogP contribution in [0.2, 0.25) is 0 Å². The highest BCUT2D eigenvalue weighted by Crippen LogP contribution is 2.23. The zero-order chi connectivity index (χ0) is 15.5. The summed E-state index contributed by atoms with van der Waals surface area (Å²) in [4.78, 5) is 7.67. The van der Waals surface area contributed by atoms with Crippen LogP contribution >= 0.6 is 0 Å². The largest absolute Gasteiger partial charge is 0.384 e. The van der Waals surface area contributed by atoms with E-state index < -0.39 is 25.6 Å². The monoisotopic (exact) mass is 306 g/mol. The van der Waals surface area contributed by atoms with Crippen molar-refractivity contribution >= 4 is 5.82 Å². The van der Waals surface area contributed by atoms with Gasteiger partial charge in [0, 0.05) is 6.20 Å². The third-order valence-electron chi connectivity index (χ3n) is 2.35. The second kappa shape index (κ2) is 6.04. The molecule has 2 aromatic heterocycles. The summed E-state index contributed by atoms with van der Waals surface area (Å²) < 4.78 is 58.3. The molecule has 0 aliphatic carbocycles. The smallest absolute Gasteiger partial charge is 0.330 e.